The third-order valence-electron chi connectivity index (χ3n) is 2.47. The average Bonchev–Trinajstić information content (AvgIpc) is 2.42. The monoisotopic (exact) mass is 257 g/mol. The van der Waals surface area contributed by atoms with Gasteiger partial charge in [0.1, 0.15) is 11.4 Å². The molecule has 98 valence electrons. The highest BCUT2D eigenvalue weighted by atomic mass is 16.5. The Bertz CT molecular complexity index is 564. The number of nitrogens with zero attached hydrogens (tertiary/aromatic N) is 1. The summed E-state index contributed by atoms with van der Waals surface area (Å²) in [5.74, 6) is 1.81. The van der Waals surface area contributed by atoms with Gasteiger partial charge in [-0.1, -0.05) is 12.1 Å². The number of benzene rings is 1. The third kappa shape index (κ3) is 3.31. The number of aromatic nitrogens is 1. The van der Waals surface area contributed by atoms with Crippen molar-refractivity contribution in [1.82, 2.24) is 4.98 Å². The zero-order valence-electron chi connectivity index (χ0n) is 10.9. The van der Waals surface area contributed by atoms with E-state index in [9.17, 15) is 4.79 Å². The maximum absolute atomic E-state index is 11.1. The van der Waals surface area contributed by atoms with Crippen molar-refractivity contribution in [3.05, 3.63) is 48.3 Å². The van der Waals surface area contributed by atoms with Gasteiger partial charge in [0.25, 0.3) is 0 Å². The molecule has 4 nitrogen and oxygen atoms in total. The number of carbonyl (C=O) groups excluding carboxylic acids is 1. The summed E-state index contributed by atoms with van der Waals surface area (Å²) in [6.45, 7) is 3.97. The van der Waals surface area contributed by atoms with Gasteiger partial charge in [-0.3, -0.25) is 4.79 Å². The van der Waals surface area contributed by atoms with E-state index in [0.717, 1.165) is 0 Å². The quantitative estimate of drug-likeness (QED) is 0.769. The second kappa shape index (κ2) is 6.00. The largest absolute Gasteiger partial charge is 0.490 e. The molecule has 4 heteroatoms. The van der Waals surface area contributed by atoms with E-state index in [1.54, 1.807) is 12.1 Å². The summed E-state index contributed by atoms with van der Waals surface area (Å²) in [6.07, 6.45) is 1.53. The molecular weight excluding hydrogens is 242 g/mol. The van der Waals surface area contributed by atoms with Gasteiger partial charge in [-0.2, -0.15) is 0 Å². The molecule has 0 amide bonds. The molecule has 0 aliphatic rings. The van der Waals surface area contributed by atoms with Crippen LogP contribution in [0.1, 0.15) is 24.3 Å². The fourth-order valence-corrected chi connectivity index (χ4v) is 1.59. The number of hydrogen-bond acceptors (Lipinski definition) is 4. The molecule has 2 aromatic rings. The van der Waals surface area contributed by atoms with Crippen LogP contribution in [-0.2, 0) is 0 Å². The van der Waals surface area contributed by atoms with E-state index < -0.39 is 0 Å². The van der Waals surface area contributed by atoms with Gasteiger partial charge in [0.15, 0.2) is 17.3 Å². The van der Waals surface area contributed by atoms with Gasteiger partial charge in [0.2, 0.25) is 0 Å². The zero-order valence-corrected chi connectivity index (χ0v) is 10.9. The lowest BCUT2D eigenvalue weighted by atomic mass is 10.3. The van der Waals surface area contributed by atoms with Crippen LogP contribution in [-0.4, -0.2) is 17.4 Å². The standard InChI is InChI=1S/C15H15NO3/c1-3-18-14-6-4-5-7-15(14)19-12-8-9-13(11(2)17)16-10-12/h4-10H,3H2,1-2H3. The Labute approximate surface area is 112 Å². The van der Waals surface area contributed by atoms with Gasteiger partial charge in [-0.15, -0.1) is 0 Å². The molecule has 0 bridgehead atoms. The van der Waals surface area contributed by atoms with E-state index in [0.29, 0.717) is 29.5 Å². The number of pyridine rings is 1. The molecule has 1 aromatic heterocycles. The van der Waals surface area contributed by atoms with Crippen LogP contribution < -0.4 is 9.47 Å². The molecule has 0 spiro atoms. The van der Waals surface area contributed by atoms with Crippen LogP contribution in [0.5, 0.6) is 17.2 Å². The van der Waals surface area contributed by atoms with Crippen molar-refractivity contribution >= 4 is 5.78 Å². The van der Waals surface area contributed by atoms with Crippen LogP contribution in [0.25, 0.3) is 0 Å². The molecule has 0 saturated heterocycles. The van der Waals surface area contributed by atoms with E-state index in [1.807, 2.05) is 31.2 Å². The molecule has 19 heavy (non-hydrogen) atoms. The Morgan fingerprint density at radius 3 is 2.47 bits per heavy atom. The second-order valence-corrected chi connectivity index (χ2v) is 3.92. The number of Topliss-reactive ketones (excluding diaryl/α,β-unsaturated/α-hetero) is 1. The van der Waals surface area contributed by atoms with Crippen LogP contribution in [0.4, 0.5) is 0 Å². The van der Waals surface area contributed by atoms with Crippen molar-refractivity contribution < 1.29 is 14.3 Å². The van der Waals surface area contributed by atoms with Crippen LogP contribution in [0.15, 0.2) is 42.6 Å². The van der Waals surface area contributed by atoms with Crippen molar-refractivity contribution in [2.45, 2.75) is 13.8 Å². The topological polar surface area (TPSA) is 48.4 Å². The summed E-state index contributed by atoms with van der Waals surface area (Å²) in [7, 11) is 0. The highest BCUT2D eigenvalue weighted by Gasteiger charge is 2.06. The molecule has 0 aliphatic heterocycles. The predicted octanol–water partition coefficient (Wildman–Crippen LogP) is 3.48. The minimum atomic E-state index is -0.0683. The van der Waals surface area contributed by atoms with E-state index in [1.165, 1.54) is 13.1 Å². The van der Waals surface area contributed by atoms with Gasteiger partial charge in [-0.25, -0.2) is 4.98 Å². The Kier molecular flexibility index (Phi) is 4.13. The van der Waals surface area contributed by atoms with Crippen LogP contribution in [0, 0.1) is 0 Å². The first-order chi connectivity index (χ1) is 9.20. The summed E-state index contributed by atoms with van der Waals surface area (Å²) < 4.78 is 11.2. The fourth-order valence-electron chi connectivity index (χ4n) is 1.59. The molecule has 2 rings (SSSR count). The Morgan fingerprint density at radius 1 is 1.16 bits per heavy atom. The summed E-state index contributed by atoms with van der Waals surface area (Å²) in [5.41, 5.74) is 0.422. The average molecular weight is 257 g/mol. The summed E-state index contributed by atoms with van der Waals surface area (Å²) in [4.78, 5) is 15.2. The Balaban J connectivity index is 2.19. The van der Waals surface area contributed by atoms with Crippen molar-refractivity contribution in [3.63, 3.8) is 0 Å². The summed E-state index contributed by atoms with van der Waals surface area (Å²) >= 11 is 0. The molecule has 0 fully saturated rings. The van der Waals surface area contributed by atoms with Crippen molar-refractivity contribution in [1.29, 1.82) is 0 Å². The van der Waals surface area contributed by atoms with Gasteiger partial charge in [0, 0.05) is 6.92 Å². The van der Waals surface area contributed by atoms with Crippen molar-refractivity contribution in [2.75, 3.05) is 6.61 Å². The van der Waals surface area contributed by atoms with Gasteiger partial charge < -0.3 is 9.47 Å². The SMILES string of the molecule is CCOc1ccccc1Oc1ccc(C(C)=O)nc1. The normalized spacial score (nSPS) is 10.0. The Morgan fingerprint density at radius 2 is 1.89 bits per heavy atom. The fraction of sp³-hybridized carbons (Fsp3) is 0.200. The van der Waals surface area contributed by atoms with E-state index >= 15 is 0 Å². The first-order valence-electron chi connectivity index (χ1n) is 6.07. The van der Waals surface area contributed by atoms with Gasteiger partial charge >= 0.3 is 0 Å². The first-order valence-corrected chi connectivity index (χ1v) is 6.07. The van der Waals surface area contributed by atoms with Crippen LogP contribution >= 0.6 is 0 Å². The maximum Gasteiger partial charge on any atom is 0.178 e. The molecule has 1 aromatic carbocycles. The van der Waals surface area contributed by atoms with Crippen molar-refractivity contribution in [3.8, 4) is 17.2 Å². The van der Waals surface area contributed by atoms with Gasteiger partial charge in [0.05, 0.1) is 12.8 Å². The number of carbonyl (C=O) groups is 1. The first kappa shape index (κ1) is 13.1. The smallest absolute Gasteiger partial charge is 0.178 e. The van der Waals surface area contributed by atoms with E-state index in [4.69, 9.17) is 9.47 Å². The lowest BCUT2D eigenvalue weighted by molar-refractivity contribution is 0.101. The molecule has 1 heterocycles. The highest BCUT2D eigenvalue weighted by Crippen LogP contribution is 2.30. The minimum absolute atomic E-state index is 0.0683. The number of ether oxygens (including phenoxy) is 2. The second-order valence-electron chi connectivity index (χ2n) is 3.92. The molecule has 0 unspecified atom stereocenters. The lowest BCUT2D eigenvalue weighted by Crippen LogP contribution is -1.97. The number of rotatable bonds is 5. The number of hydrogen-bond donors (Lipinski definition) is 0. The van der Waals surface area contributed by atoms with Crippen LogP contribution in [0.3, 0.4) is 0 Å². The number of para-hydroxylation sites is 2. The zero-order chi connectivity index (χ0) is 13.7. The molecule has 0 atom stereocenters. The molecular formula is C15H15NO3. The molecule has 0 aliphatic carbocycles. The lowest BCUT2D eigenvalue weighted by Gasteiger charge is -2.10. The van der Waals surface area contributed by atoms with Crippen molar-refractivity contribution in [2.24, 2.45) is 0 Å². The van der Waals surface area contributed by atoms with Gasteiger partial charge in [-0.05, 0) is 31.2 Å². The predicted molar refractivity (Wildman–Crippen MR) is 71.9 cm³/mol. The third-order valence-corrected chi connectivity index (χ3v) is 2.47. The Hall–Kier alpha value is -2.36. The highest BCUT2D eigenvalue weighted by molar-refractivity contribution is 5.92. The van der Waals surface area contributed by atoms with E-state index in [2.05, 4.69) is 4.98 Å². The number of ketones is 1. The summed E-state index contributed by atoms with van der Waals surface area (Å²) in [6, 6.07) is 10.8. The minimum Gasteiger partial charge on any atom is -0.490 e. The molecule has 0 N–H and O–H groups in total. The van der Waals surface area contributed by atoms with E-state index in [-0.39, 0.29) is 5.78 Å². The molecule has 0 saturated carbocycles. The summed E-state index contributed by atoms with van der Waals surface area (Å²) in [5, 5.41) is 0. The van der Waals surface area contributed by atoms with Crippen LogP contribution in [0.2, 0.25) is 0 Å². The molecule has 0 radical (unpaired) electrons. The maximum atomic E-state index is 11.1.